The Hall–Kier alpha value is -1.94. The Morgan fingerprint density at radius 1 is 1.30 bits per heavy atom. The Bertz CT molecular complexity index is 1020. The molecule has 0 aromatic carbocycles. The number of morpholine rings is 1. The van der Waals surface area contributed by atoms with Gasteiger partial charge in [-0.1, -0.05) is 0 Å². The molecule has 0 saturated carbocycles. The van der Waals surface area contributed by atoms with Crippen LogP contribution in [0.1, 0.15) is 18.3 Å². The molecular formula is C21H29BrN6O2. The number of pyridine rings is 1. The van der Waals surface area contributed by atoms with Crippen molar-refractivity contribution in [2.45, 2.75) is 33.4 Å². The molecule has 9 heteroatoms. The van der Waals surface area contributed by atoms with Crippen LogP contribution in [0.2, 0.25) is 0 Å². The summed E-state index contributed by atoms with van der Waals surface area (Å²) >= 11 is 3.56. The lowest BCUT2D eigenvalue weighted by molar-refractivity contribution is 0.0363. The Labute approximate surface area is 184 Å². The third-order valence-corrected chi connectivity index (χ3v) is 6.31. The fraction of sp³-hybridized carbons (Fsp3) is 0.524. The summed E-state index contributed by atoms with van der Waals surface area (Å²) in [5, 5.41) is 12.8. The maximum absolute atomic E-state index is 9.42. The van der Waals surface area contributed by atoms with Crippen LogP contribution in [0.5, 0.6) is 0 Å². The number of rotatable bonds is 7. The molecule has 0 radical (unpaired) electrons. The van der Waals surface area contributed by atoms with Crippen LogP contribution < -0.4 is 5.32 Å². The fourth-order valence-corrected chi connectivity index (χ4v) is 4.36. The predicted molar refractivity (Wildman–Crippen MR) is 122 cm³/mol. The molecule has 1 aliphatic heterocycles. The maximum Gasteiger partial charge on any atom is 0.180 e. The number of H-pyrrole nitrogens is 1. The molecule has 1 fully saturated rings. The molecule has 0 spiro atoms. The van der Waals surface area contributed by atoms with Crippen molar-refractivity contribution in [3.05, 3.63) is 28.1 Å². The minimum atomic E-state index is -0.0797. The van der Waals surface area contributed by atoms with Crippen molar-refractivity contribution in [2.24, 2.45) is 0 Å². The Kier molecular flexibility index (Phi) is 6.43. The Balaban J connectivity index is 1.63. The van der Waals surface area contributed by atoms with Crippen molar-refractivity contribution < 1.29 is 9.84 Å². The van der Waals surface area contributed by atoms with E-state index in [-0.39, 0.29) is 12.6 Å². The molecule has 0 aliphatic carbocycles. The van der Waals surface area contributed by atoms with Crippen molar-refractivity contribution in [3.8, 4) is 11.4 Å². The molecule has 1 saturated heterocycles. The number of imidazole rings is 1. The zero-order chi connectivity index (χ0) is 21.3. The van der Waals surface area contributed by atoms with Gasteiger partial charge in [-0.15, -0.1) is 0 Å². The topological polar surface area (TPSA) is 91.2 Å². The highest BCUT2D eigenvalue weighted by Crippen LogP contribution is 2.32. The van der Waals surface area contributed by atoms with Crippen molar-refractivity contribution in [1.29, 1.82) is 0 Å². The van der Waals surface area contributed by atoms with E-state index in [4.69, 9.17) is 9.72 Å². The van der Waals surface area contributed by atoms with Crippen LogP contribution in [0.4, 0.5) is 5.69 Å². The van der Waals surface area contributed by atoms with Gasteiger partial charge in [0.05, 0.1) is 30.0 Å². The number of anilines is 1. The van der Waals surface area contributed by atoms with Gasteiger partial charge >= 0.3 is 0 Å². The zero-order valence-electron chi connectivity index (χ0n) is 17.7. The first-order chi connectivity index (χ1) is 14.5. The zero-order valence-corrected chi connectivity index (χ0v) is 19.3. The second-order valence-electron chi connectivity index (χ2n) is 7.88. The number of aliphatic hydroxyl groups excluding tert-OH is 1. The van der Waals surface area contributed by atoms with E-state index in [9.17, 15) is 5.11 Å². The number of hydrogen-bond donors (Lipinski definition) is 3. The molecule has 0 amide bonds. The van der Waals surface area contributed by atoms with Gasteiger partial charge in [0, 0.05) is 55.4 Å². The molecule has 30 heavy (non-hydrogen) atoms. The van der Waals surface area contributed by atoms with E-state index < -0.39 is 0 Å². The summed E-state index contributed by atoms with van der Waals surface area (Å²) in [5.41, 5.74) is 5.85. The average molecular weight is 477 g/mol. The lowest BCUT2D eigenvalue weighted by atomic mass is 10.2. The van der Waals surface area contributed by atoms with Gasteiger partial charge in [-0.05, 0) is 42.8 Å². The van der Waals surface area contributed by atoms with E-state index >= 15 is 0 Å². The van der Waals surface area contributed by atoms with E-state index in [1.165, 1.54) is 11.4 Å². The predicted octanol–water partition coefficient (Wildman–Crippen LogP) is 2.93. The number of nitrogens with one attached hydrogen (secondary N) is 2. The molecule has 162 valence electrons. The number of aromatic nitrogens is 4. The van der Waals surface area contributed by atoms with Gasteiger partial charge < -0.3 is 24.7 Å². The molecule has 1 aliphatic rings. The van der Waals surface area contributed by atoms with Crippen LogP contribution in [0.25, 0.3) is 22.6 Å². The summed E-state index contributed by atoms with van der Waals surface area (Å²) in [6.07, 6.45) is 1.74. The van der Waals surface area contributed by atoms with Gasteiger partial charge in [0.2, 0.25) is 0 Å². The quantitative estimate of drug-likeness (QED) is 0.485. The molecule has 8 nitrogen and oxygen atoms in total. The lowest BCUT2D eigenvalue weighted by Gasteiger charge is -2.27. The minimum Gasteiger partial charge on any atom is -0.394 e. The van der Waals surface area contributed by atoms with Gasteiger partial charge in [0.15, 0.2) is 5.65 Å². The van der Waals surface area contributed by atoms with Gasteiger partial charge in [-0.25, -0.2) is 9.97 Å². The monoisotopic (exact) mass is 476 g/mol. The van der Waals surface area contributed by atoms with E-state index in [0.29, 0.717) is 5.65 Å². The molecule has 0 bridgehead atoms. The highest BCUT2D eigenvalue weighted by atomic mass is 79.9. The lowest BCUT2D eigenvalue weighted by Crippen LogP contribution is -2.38. The fourth-order valence-electron chi connectivity index (χ4n) is 3.95. The maximum atomic E-state index is 9.42. The Morgan fingerprint density at radius 3 is 2.80 bits per heavy atom. The molecule has 3 N–H and O–H groups in total. The number of aromatic amines is 1. The van der Waals surface area contributed by atoms with Crippen LogP contribution in [-0.4, -0.2) is 75.0 Å². The number of fused-ring (bicyclic) bond motifs is 1. The van der Waals surface area contributed by atoms with Gasteiger partial charge in [-0.3, -0.25) is 4.90 Å². The second kappa shape index (κ2) is 9.05. The summed E-state index contributed by atoms with van der Waals surface area (Å²) in [5.74, 6) is 0.807. The first kappa shape index (κ1) is 21.3. The summed E-state index contributed by atoms with van der Waals surface area (Å²) in [7, 11) is 0. The summed E-state index contributed by atoms with van der Waals surface area (Å²) in [6, 6.07) is 2.11. The first-order valence-electron chi connectivity index (χ1n) is 10.4. The van der Waals surface area contributed by atoms with Crippen molar-refractivity contribution in [1.82, 2.24) is 24.4 Å². The molecule has 4 heterocycles. The number of aliphatic hydroxyl groups is 1. The van der Waals surface area contributed by atoms with Crippen molar-refractivity contribution in [2.75, 3.05) is 44.8 Å². The van der Waals surface area contributed by atoms with Crippen LogP contribution >= 0.6 is 15.9 Å². The third-order valence-electron chi connectivity index (χ3n) is 5.71. The smallest absolute Gasteiger partial charge is 0.180 e. The van der Waals surface area contributed by atoms with E-state index in [0.717, 1.165) is 66.5 Å². The largest absolute Gasteiger partial charge is 0.394 e. The van der Waals surface area contributed by atoms with E-state index in [2.05, 4.69) is 60.6 Å². The van der Waals surface area contributed by atoms with Gasteiger partial charge in [0.1, 0.15) is 11.3 Å². The summed E-state index contributed by atoms with van der Waals surface area (Å²) < 4.78 is 8.64. The molecule has 0 unspecified atom stereocenters. The van der Waals surface area contributed by atoms with Gasteiger partial charge in [-0.2, -0.15) is 0 Å². The van der Waals surface area contributed by atoms with Crippen molar-refractivity contribution in [3.63, 3.8) is 0 Å². The number of aryl methyl sites for hydroxylation is 1. The van der Waals surface area contributed by atoms with Crippen LogP contribution in [-0.2, 0) is 11.3 Å². The summed E-state index contributed by atoms with van der Waals surface area (Å²) in [6.45, 7) is 11.9. The van der Waals surface area contributed by atoms with E-state index in [1.54, 1.807) is 6.20 Å². The highest BCUT2D eigenvalue weighted by molar-refractivity contribution is 9.10. The number of ether oxygens (including phenoxy) is 1. The standard InChI is InChI=1S/C21H29BrN6O2/c1-13(12-29)24-18-17(22)11-23-21-19(18)25-20(26-21)16-10-14(2)28(15(16)3)5-4-27-6-8-30-9-7-27/h10-11,13,29H,4-9,12H2,1-3H3,(H2,23,24,25,26)/t13-/m1/s1. The first-order valence-corrected chi connectivity index (χ1v) is 11.2. The molecule has 4 rings (SSSR count). The molecule has 3 aromatic heterocycles. The highest BCUT2D eigenvalue weighted by Gasteiger charge is 2.19. The van der Waals surface area contributed by atoms with E-state index in [1.807, 2.05) is 6.92 Å². The average Bonchev–Trinajstić information content (AvgIpc) is 3.30. The normalized spacial score (nSPS) is 16.3. The van der Waals surface area contributed by atoms with Crippen LogP contribution in [0.15, 0.2) is 16.7 Å². The third kappa shape index (κ3) is 4.25. The van der Waals surface area contributed by atoms with Gasteiger partial charge in [0.25, 0.3) is 0 Å². The number of hydrogen-bond acceptors (Lipinski definition) is 6. The number of nitrogens with zero attached hydrogens (tertiary/aromatic N) is 4. The van der Waals surface area contributed by atoms with Crippen LogP contribution in [0.3, 0.4) is 0 Å². The SMILES string of the molecule is Cc1cc(-c2nc3ncc(Br)c(N[C@H](C)CO)c3[nH]2)c(C)n1CCN1CCOCC1. The van der Waals surface area contributed by atoms with Crippen LogP contribution in [0, 0.1) is 13.8 Å². The molecule has 1 atom stereocenters. The minimum absolute atomic E-state index is 0.0432. The Morgan fingerprint density at radius 2 is 2.07 bits per heavy atom. The number of halogens is 1. The van der Waals surface area contributed by atoms with Crippen molar-refractivity contribution >= 4 is 32.8 Å². The molecular weight excluding hydrogens is 448 g/mol. The second-order valence-corrected chi connectivity index (χ2v) is 8.74. The summed E-state index contributed by atoms with van der Waals surface area (Å²) in [4.78, 5) is 15.1. The molecule has 3 aromatic rings.